The summed E-state index contributed by atoms with van der Waals surface area (Å²) in [5, 5.41) is 3.39. The van der Waals surface area contributed by atoms with Gasteiger partial charge in [0.15, 0.2) is 0 Å². The molecule has 0 aliphatic heterocycles. The molecule has 58 valence electrons. The third kappa shape index (κ3) is 2.42. The van der Waals surface area contributed by atoms with Crippen molar-refractivity contribution in [2.75, 3.05) is 0 Å². The van der Waals surface area contributed by atoms with Crippen molar-refractivity contribution in [2.24, 2.45) is 0 Å². The van der Waals surface area contributed by atoms with Crippen molar-refractivity contribution in [3.8, 4) is 0 Å². The topological polar surface area (TPSA) is 12.0 Å². The van der Waals surface area contributed by atoms with Crippen LogP contribution >= 0.6 is 0 Å². The zero-order valence-corrected chi connectivity index (χ0v) is 6.77. The van der Waals surface area contributed by atoms with Crippen LogP contribution in [0, 0.1) is 0 Å². The molecule has 1 saturated carbocycles. The SMILES string of the molecule is C/C=C/NC1CCCCC1. The normalized spacial score (nSPS) is 21.7. The first-order chi connectivity index (χ1) is 4.93. The van der Waals surface area contributed by atoms with Gasteiger partial charge in [-0.1, -0.05) is 25.3 Å². The maximum absolute atomic E-state index is 3.39. The Hall–Kier alpha value is -0.460. The van der Waals surface area contributed by atoms with Crippen LogP contribution in [0.15, 0.2) is 12.3 Å². The van der Waals surface area contributed by atoms with Gasteiger partial charge in [-0.25, -0.2) is 0 Å². The van der Waals surface area contributed by atoms with Crippen molar-refractivity contribution >= 4 is 0 Å². The van der Waals surface area contributed by atoms with Crippen molar-refractivity contribution in [1.82, 2.24) is 5.32 Å². The predicted octanol–water partition coefficient (Wildman–Crippen LogP) is 2.44. The van der Waals surface area contributed by atoms with Gasteiger partial charge in [0.25, 0.3) is 0 Å². The van der Waals surface area contributed by atoms with Crippen LogP contribution in [-0.4, -0.2) is 6.04 Å². The van der Waals surface area contributed by atoms with Crippen LogP contribution < -0.4 is 5.32 Å². The minimum absolute atomic E-state index is 0.768. The van der Waals surface area contributed by atoms with Crippen molar-refractivity contribution < 1.29 is 0 Å². The highest BCUT2D eigenvalue weighted by Gasteiger charge is 2.09. The second kappa shape index (κ2) is 4.37. The highest BCUT2D eigenvalue weighted by atomic mass is 14.9. The van der Waals surface area contributed by atoms with E-state index >= 15 is 0 Å². The smallest absolute Gasteiger partial charge is 0.0255 e. The standard InChI is InChI=1S/C9H17N/c1-2-8-10-9-6-4-3-5-7-9/h2,8-10H,3-7H2,1H3/b8-2+. The molecule has 1 aliphatic carbocycles. The van der Waals surface area contributed by atoms with Gasteiger partial charge >= 0.3 is 0 Å². The summed E-state index contributed by atoms with van der Waals surface area (Å²) in [6, 6.07) is 0.768. The first-order valence-electron chi connectivity index (χ1n) is 4.30. The molecule has 0 heterocycles. The van der Waals surface area contributed by atoms with E-state index in [1.807, 2.05) is 0 Å². The molecule has 0 saturated heterocycles. The van der Waals surface area contributed by atoms with Gasteiger partial charge in [-0.3, -0.25) is 0 Å². The monoisotopic (exact) mass is 139 g/mol. The van der Waals surface area contributed by atoms with E-state index in [9.17, 15) is 0 Å². The zero-order chi connectivity index (χ0) is 7.23. The second-order valence-electron chi connectivity index (χ2n) is 3.00. The lowest BCUT2D eigenvalue weighted by Gasteiger charge is -2.21. The molecular weight excluding hydrogens is 122 g/mol. The summed E-state index contributed by atoms with van der Waals surface area (Å²) >= 11 is 0. The second-order valence-corrected chi connectivity index (χ2v) is 3.00. The predicted molar refractivity (Wildman–Crippen MR) is 44.8 cm³/mol. The molecular formula is C9H17N. The van der Waals surface area contributed by atoms with Gasteiger partial charge < -0.3 is 5.32 Å². The largest absolute Gasteiger partial charge is 0.388 e. The molecule has 0 aromatic carbocycles. The summed E-state index contributed by atoms with van der Waals surface area (Å²) in [5.74, 6) is 0. The van der Waals surface area contributed by atoms with Crippen LogP contribution in [0.25, 0.3) is 0 Å². The fraction of sp³-hybridized carbons (Fsp3) is 0.778. The number of hydrogen-bond acceptors (Lipinski definition) is 1. The third-order valence-electron chi connectivity index (χ3n) is 2.10. The molecule has 1 N–H and O–H groups in total. The van der Waals surface area contributed by atoms with Gasteiger partial charge in [0.05, 0.1) is 0 Å². The minimum atomic E-state index is 0.768. The average molecular weight is 139 g/mol. The van der Waals surface area contributed by atoms with Gasteiger partial charge in [-0.15, -0.1) is 0 Å². The molecule has 1 fully saturated rings. The van der Waals surface area contributed by atoms with Crippen LogP contribution in [0.2, 0.25) is 0 Å². The van der Waals surface area contributed by atoms with Gasteiger partial charge in [0, 0.05) is 6.04 Å². The Bertz CT molecular complexity index is 101. The van der Waals surface area contributed by atoms with E-state index in [0.29, 0.717) is 0 Å². The average Bonchev–Trinajstić information content (AvgIpc) is 2.03. The summed E-state index contributed by atoms with van der Waals surface area (Å²) in [4.78, 5) is 0. The Balaban J connectivity index is 2.13. The Kier molecular flexibility index (Phi) is 3.34. The Morgan fingerprint density at radius 3 is 2.50 bits per heavy atom. The van der Waals surface area contributed by atoms with Gasteiger partial charge in [0.1, 0.15) is 0 Å². The number of rotatable bonds is 2. The van der Waals surface area contributed by atoms with Gasteiger partial charge in [-0.05, 0) is 26.0 Å². The van der Waals surface area contributed by atoms with Gasteiger partial charge in [-0.2, -0.15) is 0 Å². The van der Waals surface area contributed by atoms with E-state index in [2.05, 4.69) is 24.5 Å². The Morgan fingerprint density at radius 1 is 1.20 bits per heavy atom. The highest BCUT2D eigenvalue weighted by Crippen LogP contribution is 2.16. The minimum Gasteiger partial charge on any atom is -0.388 e. The molecule has 0 spiro atoms. The van der Waals surface area contributed by atoms with E-state index in [0.717, 1.165) is 6.04 Å². The Morgan fingerprint density at radius 2 is 1.90 bits per heavy atom. The van der Waals surface area contributed by atoms with Crippen molar-refractivity contribution in [1.29, 1.82) is 0 Å². The van der Waals surface area contributed by atoms with E-state index in [1.165, 1.54) is 32.1 Å². The van der Waals surface area contributed by atoms with Crippen LogP contribution in [0.5, 0.6) is 0 Å². The maximum Gasteiger partial charge on any atom is 0.0255 e. The van der Waals surface area contributed by atoms with Gasteiger partial charge in [0.2, 0.25) is 0 Å². The molecule has 0 unspecified atom stereocenters. The van der Waals surface area contributed by atoms with Crippen LogP contribution in [-0.2, 0) is 0 Å². The fourth-order valence-corrected chi connectivity index (χ4v) is 1.50. The van der Waals surface area contributed by atoms with Crippen LogP contribution in [0.4, 0.5) is 0 Å². The molecule has 0 aromatic heterocycles. The first kappa shape index (κ1) is 7.64. The molecule has 0 aromatic rings. The van der Waals surface area contributed by atoms with E-state index in [1.54, 1.807) is 0 Å². The molecule has 1 aliphatic rings. The van der Waals surface area contributed by atoms with Crippen molar-refractivity contribution in [3.05, 3.63) is 12.3 Å². The summed E-state index contributed by atoms with van der Waals surface area (Å²) in [6.45, 7) is 2.05. The molecule has 1 heteroatoms. The molecule has 10 heavy (non-hydrogen) atoms. The quantitative estimate of drug-likeness (QED) is 0.619. The van der Waals surface area contributed by atoms with E-state index in [-0.39, 0.29) is 0 Å². The van der Waals surface area contributed by atoms with E-state index in [4.69, 9.17) is 0 Å². The molecule has 1 rings (SSSR count). The summed E-state index contributed by atoms with van der Waals surface area (Å²) in [7, 11) is 0. The first-order valence-corrected chi connectivity index (χ1v) is 4.30. The number of nitrogens with one attached hydrogen (secondary N) is 1. The zero-order valence-electron chi connectivity index (χ0n) is 6.77. The maximum atomic E-state index is 3.39. The summed E-state index contributed by atoms with van der Waals surface area (Å²) < 4.78 is 0. The highest BCUT2D eigenvalue weighted by molar-refractivity contribution is 4.81. The lowest BCUT2D eigenvalue weighted by Crippen LogP contribution is -2.26. The number of allylic oxidation sites excluding steroid dienone is 1. The lowest BCUT2D eigenvalue weighted by molar-refractivity contribution is 0.404. The fourth-order valence-electron chi connectivity index (χ4n) is 1.50. The molecule has 0 atom stereocenters. The van der Waals surface area contributed by atoms with Crippen LogP contribution in [0.1, 0.15) is 39.0 Å². The molecule has 1 nitrogen and oxygen atoms in total. The van der Waals surface area contributed by atoms with Crippen molar-refractivity contribution in [2.45, 2.75) is 45.1 Å². The molecule has 0 bridgehead atoms. The number of hydrogen-bond donors (Lipinski definition) is 1. The Labute approximate surface area is 63.5 Å². The van der Waals surface area contributed by atoms with Crippen molar-refractivity contribution in [3.63, 3.8) is 0 Å². The third-order valence-corrected chi connectivity index (χ3v) is 2.10. The molecule has 0 amide bonds. The summed E-state index contributed by atoms with van der Waals surface area (Å²) in [5.41, 5.74) is 0. The summed E-state index contributed by atoms with van der Waals surface area (Å²) in [6.07, 6.45) is 11.1. The lowest BCUT2D eigenvalue weighted by atomic mass is 9.96. The molecule has 0 radical (unpaired) electrons. The van der Waals surface area contributed by atoms with E-state index < -0.39 is 0 Å². The van der Waals surface area contributed by atoms with Crippen LogP contribution in [0.3, 0.4) is 0 Å².